The molecule has 1 saturated heterocycles. The summed E-state index contributed by atoms with van der Waals surface area (Å²) >= 11 is 1.55. The Bertz CT molecular complexity index is 945. The molecular weight excluding hydrogens is 379 g/mol. The molecule has 1 fully saturated rings. The summed E-state index contributed by atoms with van der Waals surface area (Å²) in [5.41, 5.74) is -0.394. The Morgan fingerprint density at radius 3 is 2.56 bits per heavy atom. The Labute approximate surface area is 156 Å². The molecule has 0 unspecified atom stereocenters. The minimum absolute atomic E-state index is 0.0579. The van der Waals surface area contributed by atoms with Crippen molar-refractivity contribution in [2.75, 3.05) is 31.1 Å². The number of halogens is 3. The molecule has 0 radical (unpaired) electrons. The van der Waals surface area contributed by atoms with Gasteiger partial charge in [0.25, 0.3) is 0 Å². The zero-order chi connectivity index (χ0) is 19.0. The third-order valence-electron chi connectivity index (χ3n) is 4.53. The molecule has 0 bridgehead atoms. The average molecular weight is 395 g/mol. The third kappa shape index (κ3) is 3.61. The highest BCUT2D eigenvalue weighted by molar-refractivity contribution is 7.10. The summed E-state index contributed by atoms with van der Waals surface area (Å²) in [4.78, 5) is 17.0. The molecule has 1 aliphatic heterocycles. The van der Waals surface area contributed by atoms with Gasteiger partial charge in [-0.15, -0.1) is 21.5 Å². The predicted octanol–water partition coefficient (Wildman–Crippen LogP) is 2.70. The number of carbonyl (C=O) groups is 1. The van der Waals surface area contributed by atoms with Gasteiger partial charge in [0, 0.05) is 37.3 Å². The fraction of sp³-hybridized carbons (Fsp3) is 0.353. The lowest BCUT2D eigenvalue weighted by atomic mass is 10.2. The zero-order valence-electron chi connectivity index (χ0n) is 14.2. The van der Waals surface area contributed by atoms with Gasteiger partial charge < -0.3 is 9.80 Å². The number of piperazine rings is 1. The highest BCUT2D eigenvalue weighted by atomic mass is 32.1. The summed E-state index contributed by atoms with van der Waals surface area (Å²) in [6.07, 6.45) is -3.04. The van der Waals surface area contributed by atoms with Crippen molar-refractivity contribution in [3.8, 4) is 0 Å². The second kappa shape index (κ2) is 6.84. The van der Waals surface area contributed by atoms with Gasteiger partial charge in [0.1, 0.15) is 0 Å². The van der Waals surface area contributed by atoms with Crippen molar-refractivity contribution < 1.29 is 18.0 Å². The number of thiophene rings is 1. The molecule has 3 aromatic rings. The summed E-state index contributed by atoms with van der Waals surface area (Å²) in [6.45, 7) is 1.98. The maximum absolute atomic E-state index is 13.0. The van der Waals surface area contributed by atoms with Crippen LogP contribution in [0, 0.1) is 0 Å². The Hall–Kier alpha value is -2.62. The number of fused-ring (bicyclic) bond motifs is 1. The minimum atomic E-state index is -4.43. The molecule has 142 valence electrons. The molecule has 1 aliphatic rings. The van der Waals surface area contributed by atoms with Crippen molar-refractivity contribution >= 4 is 28.8 Å². The molecule has 1 amide bonds. The maximum Gasteiger partial charge on any atom is 0.417 e. The number of hydrogen-bond acceptors (Lipinski definition) is 5. The van der Waals surface area contributed by atoms with E-state index in [2.05, 4.69) is 10.2 Å². The molecule has 27 heavy (non-hydrogen) atoms. The van der Waals surface area contributed by atoms with E-state index in [1.165, 1.54) is 10.5 Å². The van der Waals surface area contributed by atoms with Gasteiger partial charge in [0.15, 0.2) is 5.65 Å². The van der Waals surface area contributed by atoms with Crippen LogP contribution in [0.1, 0.15) is 10.4 Å². The van der Waals surface area contributed by atoms with Gasteiger partial charge in [0.05, 0.1) is 12.0 Å². The number of anilines is 1. The van der Waals surface area contributed by atoms with Crippen molar-refractivity contribution in [3.05, 3.63) is 46.3 Å². The summed E-state index contributed by atoms with van der Waals surface area (Å²) in [6, 6.07) is 6.14. The van der Waals surface area contributed by atoms with Crippen molar-refractivity contribution in [1.82, 2.24) is 19.5 Å². The van der Waals surface area contributed by atoms with Crippen molar-refractivity contribution in [2.24, 2.45) is 0 Å². The molecule has 0 saturated carbocycles. The minimum Gasteiger partial charge on any atom is -0.339 e. The maximum atomic E-state index is 13.0. The quantitative estimate of drug-likeness (QED) is 0.684. The van der Waals surface area contributed by atoms with Crippen LogP contribution in [0.25, 0.3) is 5.65 Å². The first-order valence-corrected chi connectivity index (χ1v) is 9.27. The monoisotopic (exact) mass is 395 g/mol. The van der Waals surface area contributed by atoms with E-state index in [0.29, 0.717) is 44.2 Å². The predicted molar refractivity (Wildman–Crippen MR) is 94.8 cm³/mol. The second-order valence-corrected chi connectivity index (χ2v) is 7.30. The summed E-state index contributed by atoms with van der Waals surface area (Å²) in [5, 5.41) is 9.93. The fourth-order valence-corrected chi connectivity index (χ4v) is 3.79. The van der Waals surface area contributed by atoms with Gasteiger partial charge in [-0.05, 0) is 23.6 Å². The van der Waals surface area contributed by atoms with Crippen LogP contribution < -0.4 is 4.90 Å². The lowest BCUT2D eigenvalue weighted by molar-refractivity contribution is -0.138. The molecule has 0 spiro atoms. The van der Waals surface area contributed by atoms with Crippen LogP contribution in [-0.2, 0) is 17.4 Å². The van der Waals surface area contributed by atoms with E-state index < -0.39 is 11.7 Å². The number of hydrogen-bond donors (Lipinski definition) is 0. The molecule has 0 atom stereocenters. The molecule has 0 N–H and O–H groups in total. The lowest BCUT2D eigenvalue weighted by Gasteiger charge is -2.34. The first-order chi connectivity index (χ1) is 12.9. The van der Waals surface area contributed by atoms with Gasteiger partial charge in [-0.25, -0.2) is 0 Å². The first-order valence-electron chi connectivity index (χ1n) is 8.39. The van der Waals surface area contributed by atoms with Crippen LogP contribution in [0.4, 0.5) is 19.1 Å². The Morgan fingerprint density at radius 2 is 1.89 bits per heavy atom. The van der Waals surface area contributed by atoms with Gasteiger partial charge in [-0.2, -0.15) is 13.2 Å². The molecule has 0 aliphatic carbocycles. The molecule has 6 nitrogen and oxygen atoms in total. The highest BCUT2D eigenvalue weighted by Crippen LogP contribution is 2.30. The molecule has 4 rings (SSSR count). The topological polar surface area (TPSA) is 53.7 Å². The number of carbonyl (C=O) groups excluding carboxylic acids is 1. The molecule has 3 aromatic heterocycles. The normalized spacial score (nSPS) is 15.5. The summed E-state index contributed by atoms with van der Waals surface area (Å²) in [5.74, 6) is 0.420. The molecule has 4 heterocycles. The van der Waals surface area contributed by atoms with Crippen LogP contribution in [0.15, 0.2) is 35.8 Å². The van der Waals surface area contributed by atoms with E-state index in [4.69, 9.17) is 0 Å². The smallest absolute Gasteiger partial charge is 0.339 e. The lowest BCUT2D eigenvalue weighted by Crippen LogP contribution is -2.49. The van der Waals surface area contributed by atoms with Crippen LogP contribution >= 0.6 is 11.3 Å². The zero-order valence-corrected chi connectivity index (χ0v) is 15.0. The fourth-order valence-electron chi connectivity index (χ4n) is 3.09. The first kappa shape index (κ1) is 17.8. The largest absolute Gasteiger partial charge is 0.417 e. The van der Waals surface area contributed by atoms with Gasteiger partial charge >= 0.3 is 6.18 Å². The number of pyridine rings is 1. The molecule has 10 heteroatoms. The molecular formula is C17H16F3N5OS. The van der Waals surface area contributed by atoms with E-state index in [1.54, 1.807) is 16.2 Å². The van der Waals surface area contributed by atoms with Gasteiger partial charge in [-0.1, -0.05) is 6.07 Å². The number of rotatable bonds is 3. The van der Waals surface area contributed by atoms with Gasteiger partial charge in [0.2, 0.25) is 11.9 Å². The average Bonchev–Trinajstić information content (AvgIpc) is 3.30. The number of aromatic nitrogens is 3. The van der Waals surface area contributed by atoms with E-state index in [0.717, 1.165) is 17.1 Å². The van der Waals surface area contributed by atoms with E-state index in [1.807, 2.05) is 22.4 Å². The van der Waals surface area contributed by atoms with Crippen molar-refractivity contribution in [1.29, 1.82) is 0 Å². The van der Waals surface area contributed by atoms with Crippen molar-refractivity contribution in [3.63, 3.8) is 0 Å². The third-order valence-corrected chi connectivity index (χ3v) is 5.41. The van der Waals surface area contributed by atoms with Crippen LogP contribution in [-0.4, -0.2) is 51.6 Å². The second-order valence-electron chi connectivity index (χ2n) is 6.27. The number of amides is 1. The highest BCUT2D eigenvalue weighted by Gasteiger charge is 2.32. The standard InChI is InChI=1S/C17H16F3N5OS/c18-17(19,20)12-3-4-14-21-22-16(25(14)11-12)24-7-5-23(6-8-24)15(26)10-13-2-1-9-27-13/h1-4,9,11H,5-8,10H2. The van der Waals surface area contributed by atoms with Gasteiger partial charge in [-0.3, -0.25) is 9.20 Å². The van der Waals surface area contributed by atoms with Crippen LogP contribution in [0.2, 0.25) is 0 Å². The SMILES string of the molecule is O=C(Cc1cccs1)N1CCN(c2nnc3ccc(C(F)(F)F)cn23)CC1. The van der Waals surface area contributed by atoms with E-state index in [-0.39, 0.29) is 5.91 Å². The Kier molecular flexibility index (Phi) is 4.50. The molecule has 0 aromatic carbocycles. The van der Waals surface area contributed by atoms with E-state index >= 15 is 0 Å². The van der Waals surface area contributed by atoms with Crippen molar-refractivity contribution in [2.45, 2.75) is 12.6 Å². The van der Waals surface area contributed by atoms with E-state index in [9.17, 15) is 18.0 Å². The Morgan fingerprint density at radius 1 is 1.11 bits per heavy atom. The summed E-state index contributed by atoms with van der Waals surface area (Å²) < 4.78 is 40.3. The summed E-state index contributed by atoms with van der Waals surface area (Å²) in [7, 11) is 0. The van der Waals surface area contributed by atoms with Crippen LogP contribution in [0.5, 0.6) is 0 Å². The Balaban J connectivity index is 1.47. The number of nitrogens with zero attached hydrogens (tertiary/aromatic N) is 5. The van der Waals surface area contributed by atoms with Crippen LogP contribution in [0.3, 0.4) is 0 Å². The number of alkyl halides is 3.